The zero-order valence-corrected chi connectivity index (χ0v) is 20.0. The van der Waals surface area contributed by atoms with E-state index in [1.165, 1.54) is 21.7 Å². The highest BCUT2D eigenvalue weighted by Crippen LogP contribution is 2.30. The first kappa shape index (κ1) is 23.9. The predicted octanol–water partition coefficient (Wildman–Crippen LogP) is 4.22. The van der Waals surface area contributed by atoms with Crippen LogP contribution in [0.3, 0.4) is 0 Å². The number of carbonyl (C=O) groups excluding carboxylic acids is 2. The van der Waals surface area contributed by atoms with Crippen LogP contribution in [0.5, 0.6) is 5.75 Å². The number of hydrogen-bond donors (Lipinski definition) is 2. The minimum Gasteiger partial charge on any atom is -0.508 e. The second-order valence-electron chi connectivity index (χ2n) is 9.06. The molecule has 2 amide bonds. The van der Waals surface area contributed by atoms with Gasteiger partial charge in [-0.15, -0.1) is 5.10 Å². The van der Waals surface area contributed by atoms with Crippen LogP contribution in [0.25, 0.3) is 11.0 Å². The normalized spacial score (nSPS) is 12.3. The Morgan fingerprint density at radius 2 is 1.66 bits per heavy atom. The quantitative estimate of drug-likeness (QED) is 0.401. The maximum atomic E-state index is 13.9. The summed E-state index contributed by atoms with van der Waals surface area (Å²) in [5.74, 6) is -0.564. The van der Waals surface area contributed by atoms with Crippen molar-refractivity contribution < 1.29 is 14.7 Å². The van der Waals surface area contributed by atoms with Crippen LogP contribution in [-0.2, 0) is 16.1 Å². The fourth-order valence-corrected chi connectivity index (χ4v) is 3.83. The van der Waals surface area contributed by atoms with Gasteiger partial charge in [-0.25, -0.2) is 4.68 Å². The highest BCUT2D eigenvalue weighted by molar-refractivity contribution is 6.01. The van der Waals surface area contributed by atoms with Crippen LogP contribution in [-0.4, -0.2) is 37.5 Å². The molecule has 1 unspecified atom stereocenters. The average Bonchev–Trinajstić information content (AvgIpc) is 3.26. The maximum absolute atomic E-state index is 13.9. The van der Waals surface area contributed by atoms with Gasteiger partial charge in [0.15, 0.2) is 0 Å². The number of nitrogens with one attached hydrogen (secondary N) is 1. The van der Waals surface area contributed by atoms with Crippen molar-refractivity contribution in [3.05, 3.63) is 84.4 Å². The van der Waals surface area contributed by atoms with Crippen LogP contribution in [0.1, 0.15) is 38.8 Å². The van der Waals surface area contributed by atoms with E-state index in [0.29, 0.717) is 23.2 Å². The fourth-order valence-electron chi connectivity index (χ4n) is 3.83. The number of aromatic hydroxyl groups is 1. The molecule has 3 aromatic carbocycles. The molecule has 4 rings (SSSR count). The molecule has 0 bridgehead atoms. The Morgan fingerprint density at radius 1 is 1.00 bits per heavy atom. The molecule has 4 aromatic rings. The van der Waals surface area contributed by atoms with Gasteiger partial charge in [0.25, 0.3) is 0 Å². The Bertz CT molecular complexity index is 1320. The van der Waals surface area contributed by atoms with Gasteiger partial charge >= 0.3 is 0 Å². The average molecular weight is 472 g/mol. The number of carbonyl (C=O) groups is 2. The SMILES string of the molecule is CCC(C)(C)NC(=O)C(c1ccc(O)cc1)N(C(=O)Cn1nnc2ccccc21)c1ccccc1. The number of amides is 2. The largest absolute Gasteiger partial charge is 0.508 e. The lowest BCUT2D eigenvalue weighted by Crippen LogP contribution is -2.51. The lowest BCUT2D eigenvalue weighted by Gasteiger charge is -2.34. The summed E-state index contributed by atoms with van der Waals surface area (Å²) in [5, 5.41) is 21.2. The molecule has 0 aliphatic heterocycles. The summed E-state index contributed by atoms with van der Waals surface area (Å²) in [6.07, 6.45) is 0.714. The molecule has 0 radical (unpaired) electrons. The molecule has 180 valence electrons. The first-order valence-electron chi connectivity index (χ1n) is 11.6. The lowest BCUT2D eigenvalue weighted by molar-refractivity contribution is -0.128. The highest BCUT2D eigenvalue weighted by atomic mass is 16.3. The van der Waals surface area contributed by atoms with Crippen molar-refractivity contribution >= 4 is 28.5 Å². The van der Waals surface area contributed by atoms with Crippen molar-refractivity contribution in [2.24, 2.45) is 0 Å². The first-order chi connectivity index (χ1) is 16.8. The van der Waals surface area contributed by atoms with Crippen LogP contribution >= 0.6 is 0 Å². The van der Waals surface area contributed by atoms with Crippen molar-refractivity contribution in [1.29, 1.82) is 0 Å². The standard InChI is InChI=1S/C27H29N5O3/c1-4-27(2,3)28-26(35)25(19-14-16-21(33)17-15-19)32(20-10-6-5-7-11-20)24(34)18-31-23-13-9-8-12-22(23)29-30-31/h5-17,25,33H,4,18H2,1-3H3,(H,28,35). The number of phenolic OH excluding ortho intramolecular Hbond substituents is 1. The molecular weight excluding hydrogens is 442 g/mol. The molecule has 1 aromatic heterocycles. The first-order valence-corrected chi connectivity index (χ1v) is 11.6. The summed E-state index contributed by atoms with van der Waals surface area (Å²) in [7, 11) is 0. The minimum atomic E-state index is -0.967. The molecular formula is C27H29N5O3. The Morgan fingerprint density at radius 3 is 2.34 bits per heavy atom. The van der Waals surface area contributed by atoms with Gasteiger partial charge in [0.05, 0.1) is 5.52 Å². The van der Waals surface area contributed by atoms with Crippen molar-refractivity contribution in [1.82, 2.24) is 20.3 Å². The van der Waals surface area contributed by atoms with E-state index >= 15 is 0 Å². The number of aromatic nitrogens is 3. The molecule has 1 atom stereocenters. The van der Waals surface area contributed by atoms with Gasteiger partial charge < -0.3 is 10.4 Å². The number of para-hydroxylation sites is 2. The molecule has 0 saturated carbocycles. The second-order valence-corrected chi connectivity index (χ2v) is 9.06. The summed E-state index contributed by atoms with van der Waals surface area (Å²) in [6, 6.07) is 21.9. The number of benzene rings is 3. The maximum Gasteiger partial charge on any atom is 0.249 e. The van der Waals surface area contributed by atoms with E-state index in [1.54, 1.807) is 24.3 Å². The van der Waals surface area contributed by atoms with E-state index in [4.69, 9.17) is 0 Å². The molecule has 0 spiro atoms. The number of nitrogens with zero attached hydrogens (tertiary/aromatic N) is 4. The van der Waals surface area contributed by atoms with Gasteiger partial charge in [0, 0.05) is 11.2 Å². The van der Waals surface area contributed by atoms with Crippen LogP contribution in [0.15, 0.2) is 78.9 Å². The molecule has 2 N–H and O–H groups in total. The second kappa shape index (κ2) is 9.97. The molecule has 0 saturated heterocycles. The summed E-state index contributed by atoms with van der Waals surface area (Å²) in [5.41, 5.74) is 2.09. The van der Waals surface area contributed by atoms with Crippen molar-refractivity contribution in [2.45, 2.75) is 45.3 Å². The predicted molar refractivity (Wildman–Crippen MR) is 135 cm³/mol. The van der Waals surface area contributed by atoms with Gasteiger partial charge in [0.1, 0.15) is 23.9 Å². The van der Waals surface area contributed by atoms with Crippen molar-refractivity contribution in [2.75, 3.05) is 4.90 Å². The third-order valence-corrected chi connectivity index (χ3v) is 6.07. The van der Waals surface area contributed by atoms with Crippen molar-refractivity contribution in [3.8, 4) is 5.75 Å². The van der Waals surface area contributed by atoms with Crippen LogP contribution in [0.2, 0.25) is 0 Å². The summed E-state index contributed by atoms with van der Waals surface area (Å²) in [4.78, 5) is 29.1. The topological polar surface area (TPSA) is 100 Å². The van der Waals surface area contributed by atoms with E-state index in [0.717, 1.165) is 5.52 Å². The summed E-state index contributed by atoms with van der Waals surface area (Å²) >= 11 is 0. The third-order valence-electron chi connectivity index (χ3n) is 6.07. The molecule has 8 nitrogen and oxygen atoms in total. The van der Waals surface area contributed by atoms with E-state index in [1.807, 2.05) is 63.2 Å². The molecule has 0 fully saturated rings. The number of hydrogen-bond acceptors (Lipinski definition) is 5. The van der Waals surface area contributed by atoms with Crippen LogP contribution < -0.4 is 10.2 Å². The summed E-state index contributed by atoms with van der Waals surface area (Å²) < 4.78 is 1.54. The number of anilines is 1. The Hall–Kier alpha value is -4.20. The number of fused-ring (bicyclic) bond motifs is 1. The number of rotatable bonds is 8. The Balaban J connectivity index is 1.79. The molecule has 35 heavy (non-hydrogen) atoms. The zero-order valence-electron chi connectivity index (χ0n) is 20.0. The van der Waals surface area contributed by atoms with Gasteiger partial charge in [-0.3, -0.25) is 14.5 Å². The van der Waals surface area contributed by atoms with Crippen LogP contribution in [0.4, 0.5) is 5.69 Å². The van der Waals surface area contributed by atoms with E-state index in [-0.39, 0.29) is 24.1 Å². The molecule has 0 aliphatic rings. The third kappa shape index (κ3) is 5.32. The van der Waals surface area contributed by atoms with E-state index < -0.39 is 11.6 Å². The monoisotopic (exact) mass is 471 g/mol. The zero-order chi connectivity index (χ0) is 25.0. The highest BCUT2D eigenvalue weighted by Gasteiger charge is 2.35. The molecule has 8 heteroatoms. The Kier molecular flexibility index (Phi) is 6.82. The minimum absolute atomic E-state index is 0.0773. The Labute approximate surface area is 204 Å². The van der Waals surface area contributed by atoms with Crippen LogP contribution in [0, 0.1) is 0 Å². The van der Waals surface area contributed by atoms with E-state index in [9.17, 15) is 14.7 Å². The molecule has 0 aliphatic carbocycles. The van der Waals surface area contributed by atoms with Gasteiger partial charge in [-0.2, -0.15) is 0 Å². The van der Waals surface area contributed by atoms with E-state index in [2.05, 4.69) is 15.6 Å². The van der Waals surface area contributed by atoms with Crippen molar-refractivity contribution in [3.63, 3.8) is 0 Å². The number of phenols is 1. The molecule has 1 heterocycles. The van der Waals surface area contributed by atoms with Gasteiger partial charge in [-0.1, -0.05) is 54.6 Å². The summed E-state index contributed by atoms with van der Waals surface area (Å²) in [6.45, 7) is 5.77. The lowest BCUT2D eigenvalue weighted by atomic mass is 9.98. The van der Waals surface area contributed by atoms with Gasteiger partial charge in [-0.05, 0) is 62.2 Å². The fraction of sp³-hybridized carbons (Fsp3) is 0.259. The van der Waals surface area contributed by atoms with Gasteiger partial charge in [0.2, 0.25) is 11.8 Å². The smallest absolute Gasteiger partial charge is 0.249 e.